The fourth-order valence-electron chi connectivity index (χ4n) is 6.98. The second kappa shape index (κ2) is 8.18. The van der Waals surface area contributed by atoms with E-state index in [1.54, 1.807) is 13.0 Å². The first-order valence-corrected chi connectivity index (χ1v) is 12.4. The number of amides is 4. The predicted molar refractivity (Wildman–Crippen MR) is 128 cm³/mol. The summed E-state index contributed by atoms with van der Waals surface area (Å²) in [6.45, 7) is 1.56. The fourth-order valence-corrected chi connectivity index (χ4v) is 7.15. The van der Waals surface area contributed by atoms with Crippen LogP contribution in [0.5, 0.6) is 5.75 Å². The smallest absolute Gasteiger partial charge is 0.257 e. The van der Waals surface area contributed by atoms with Gasteiger partial charge in [0.05, 0.1) is 33.9 Å². The molecule has 1 saturated carbocycles. The van der Waals surface area contributed by atoms with Crippen LogP contribution >= 0.6 is 11.6 Å². The number of benzene rings is 2. The van der Waals surface area contributed by atoms with E-state index in [1.165, 1.54) is 18.2 Å². The molecule has 0 bridgehead atoms. The van der Waals surface area contributed by atoms with Crippen molar-refractivity contribution in [3.05, 3.63) is 70.3 Å². The van der Waals surface area contributed by atoms with Crippen LogP contribution in [0.15, 0.2) is 48.0 Å². The summed E-state index contributed by atoms with van der Waals surface area (Å²) in [6, 6.07) is 7.32. The van der Waals surface area contributed by atoms with Crippen LogP contribution in [0.3, 0.4) is 0 Å². The van der Waals surface area contributed by atoms with E-state index in [9.17, 15) is 38.3 Å². The lowest BCUT2D eigenvalue weighted by atomic mass is 9.51. The van der Waals surface area contributed by atoms with Crippen LogP contribution in [0.4, 0.5) is 14.5 Å². The number of halogens is 3. The van der Waals surface area contributed by atoms with Gasteiger partial charge in [0.15, 0.2) is 11.6 Å². The van der Waals surface area contributed by atoms with Crippen molar-refractivity contribution in [3.8, 4) is 5.75 Å². The molecule has 3 fully saturated rings. The van der Waals surface area contributed by atoms with E-state index >= 15 is 0 Å². The second-order valence-electron chi connectivity index (χ2n) is 10.4. The molecule has 4 amide bonds. The Morgan fingerprint density at radius 1 is 1.00 bits per heavy atom. The highest BCUT2D eigenvalue weighted by atomic mass is 35.5. The lowest BCUT2D eigenvalue weighted by molar-refractivity contribution is -0.173. The van der Waals surface area contributed by atoms with Gasteiger partial charge >= 0.3 is 0 Å². The van der Waals surface area contributed by atoms with Crippen LogP contribution < -0.4 is 4.90 Å². The first-order valence-electron chi connectivity index (χ1n) is 12.1. The summed E-state index contributed by atoms with van der Waals surface area (Å²) in [7, 11) is 0. The minimum absolute atomic E-state index is 0.00105. The maximum atomic E-state index is 14.6. The summed E-state index contributed by atoms with van der Waals surface area (Å²) < 4.78 is 28.5. The third-order valence-corrected chi connectivity index (χ3v) is 9.03. The molecule has 6 atom stereocenters. The van der Waals surface area contributed by atoms with Crippen LogP contribution in [0.25, 0.3) is 0 Å². The molecule has 2 aromatic carbocycles. The Balaban J connectivity index is 1.56. The molecule has 6 unspecified atom stereocenters. The maximum absolute atomic E-state index is 14.6. The molecular formula is C27H21ClF2N2O6. The molecular weight excluding hydrogens is 522 g/mol. The Bertz CT molecular complexity index is 1490. The predicted octanol–water partition coefficient (Wildman–Crippen LogP) is 3.94. The van der Waals surface area contributed by atoms with Gasteiger partial charge in [-0.15, -0.1) is 0 Å². The number of aromatic hydroxyl groups is 1. The number of anilines is 1. The topological polar surface area (TPSA) is 115 Å². The van der Waals surface area contributed by atoms with Crippen molar-refractivity contribution in [2.75, 3.05) is 4.90 Å². The maximum Gasteiger partial charge on any atom is 0.257 e. The molecule has 6 rings (SSSR count). The highest BCUT2D eigenvalue weighted by Crippen LogP contribution is 2.64. The van der Waals surface area contributed by atoms with Gasteiger partial charge in [-0.2, -0.15) is 5.06 Å². The number of para-hydroxylation sites is 1. The van der Waals surface area contributed by atoms with E-state index in [0.717, 1.165) is 23.1 Å². The van der Waals surface area contributed by atoms with Gasteiger partial charge in [0.1, 0.15) is 5.82 Å². The Hall–Kier alpha value is -3.63. The molecule has 2 aliphatic heterocycles. The Morgan fingerprint density at radius 2 is 1.74 bits per heavy atom. The number of imide groups is 2. The van der Waals surface area contributed by atoms with E-state index in [4.69, 9.17) is 11.6 Å². The van der Waals surface area contributed by atoms with E-state index in [-0.39, 0.29) is 34.2 Å². The van der Waals surface area contributed by atoms with Crippen molar-refractivity contribution in [2.24, 2.45) is 29.1 Å². The highest BCUT2D eigenvalue weighted by Gasteiger charge is 2.68. The number of carbonyl (C=O) groups is 4. The molecule has 8 nitrogen and oxygen atoms in total. The molecule has 0 spiro atoms. The molecule has 2 saturated heterocycles. The number of fused-ring (bicyclic) bond motifs is 4. The molecule has 4 aliphatic rings. The number of rotatable bonds is 2. The minimum atomic E-state index is -1.52. The fraction of sp³-hybridized carbons (Fsp3) is 0.333. The Kier molecular flexibility index (Phi) is 5.32. The normalized spacial score (nSPS) is 32.3. The highest BCUT2D eigenvalue weighted by molar-refractivity contribution is 6.31. The van der Waals surface area contributed by atoms with Crippen molar-refractivity contribution >= 4 is 40.9 Å². The number of allylic oxidation sites excluding steroid dienone is 2. The third kappa shape index (κ3) is 3.04. The summed E-state index contributed by atoms with van der Waals surface area (Å²) in [6.07, 6.45) is 1.78. The lowest BCUT2D eigenvalue weighted by Gasteiger charge is -2.49. The van der Waals surface area contributed by atoms with Crippen LogP contribution in [0.1, 0.15) is 31.2 Å². The quantitative estimate of drug-likeness (QED) is 0.337. The van der Waals surface area contributed by atoms with E-state index < -0.39 is 76.0 Å². The van der Waals surface area contributed by atoms with Crippen LogP contribution in [0.2, 0.25) is 5.02 Å². The summed E-state index contributed by atoms with van der Waals surface area (Å²) in [5, 5.41) is 20.6. The zero-order valence-electron chi connectivity index (χ0n) is 19.9. The number of nitrogens with zero attached hydrogens (tertiary/aromatic N) is 2. The van der Waals surface area contributed by atoms with Gasteiger partial charge in [-0.25, -0.2) is 13.7 Å². The Labute approximate surface area is 220 Å². The van der Waals surface area contributed by atoms with Crippen molar-refractivity contribution in [2.45, 2.75) is 25.7 Å². The lowest BCUT2D eigenvalue weighted by Crippen LogP contribution is -2.48. The third-order valence-electron chi connectivity index (χ3n) is 8.74. The number of hydroxylamine groups is 2. The molecule has 2 aliphatic carbocycles. The van der Waals surface area contributed by atoms with Gasteiger partial charge in [0, 0.05) is 11.5 Å². The molecule has 0 radical (unpaired) electrons. The molecule has 0 aromatic heterocycles. The first-order chi connectivity index (χ1) is 18.0. The molecule has 38 heavy (non-hydrogen) atoms. The number of phenols is 1. The SMILES string of the molecule is CC12C(=O)N(c3ccc(F)c(Cl)c3)C(=O)C1CC1C(=CCC3C(=O)N(O)C(=O)C31)C2c1cccc(F)c1O. The van der Waals surface area contributed by atoms with Crippen LogP contribution in [0, 0.1) is 40.7 Å². The first kappa shape index (κ1) is 24.7. The van der Waals surface area contributed by atoms with Gasteiger partial charge in [-0.1, -0.05) is 35.4 Å². The molecule has 2 aromatic rings. The second-order valence-corrected chi connectivity index (χ2v) is 10.8. The zero-order chi connectivity index (χ0) is 27.3. The largest absolute Gasteiger partial charge is 0.505 e. The van der Waals surface area contributed by atoms with Crippen molar-refractivity contribution in [3.63, 3.8) is 0 Å². The number of hydrogen-bond acceptors (Lipinski definition) is 6. The van der Waals surface area contributed by atoms with Crippen molar-refractivity contribution in [1.29, 1.82) is 0 Å². The van der Waals surface area contributed by atoms with E-state index in [0.29, 0.717) is 5.57 Å². The van der Waals surface area contributed by atoms with Gasteiger partial charge in [0.2, 0.25) is 11.8 Å². The molecule has 11 heteroatoms. The van der Waals surface area contributed by atoms with E-state index in [2.05, 4.69) is 0 Å². The van der Waals surface area contributed by atoms with Crippen LogP contribution in [-0.4, -0.2) is 39.0 Å². The summed E-state index contributed by atoms with van der Waals surface area (Å²) in [5.74, 6) is -9.80. The summed E-state index contributed by atoms with van der Waals surface area (Å²) >= 11 is 5.94. The standard InChI is InChI=1S/C27H21ClF2N2O6/c1-27-16(24(35)31(26(27)37)11-5-8-18(29)17(28)9-11)10-15-12(21(27)14-3-2-4-19(30)22(14)33)6-7-13-20(15)25(36)32(38)23(13)34/h2-6,8-9,13,15-16,20-21,33,38H,7,10H2,1H3. The molecule has 2 heterocycles. The van der Waals surface area contributed by atoms with Gasteiger partial charge < -0.3 is 5.11 Å². The van der Waals surface area contributed by atoms with Crippen LogP contribution in [-0.2, 0) is 19.2 Å². The summed E-state index contributed by atoms with van der Waals surface area (Å²) in [4.78, 5) is 54.4. The van der Waals surface area contributed by atoms with Gasteiger partial charge in [-0.05, 0) is 49.9 Å². The number of carbonyl (C=O) groups excluding carboxylic acids is 4. The summed E-state index contributed by atoms with van der Waals surface area (Å²) in [5.41, 5.74) is -0.900. The van der Waals surface area contributed by atoms with Gasteiger partial charge in [0.25, 0.3) is 11.8 Å². The molecule has 196 valence electrons. The monoisotopic (exact) mass is 542 g/mol. The average Bonchev–Trinajstić information content (AvgIpc) is 3.23. The molecule has 2 N–H and O–H groups in total. The van der Waals surface area contributed by atoms with Crippen molar-refractivity contribution < 1.29 is 38.3 Å². The Morgan fingerprint density at radius 3 is 2.45 bits per heavy atom. The minimum Gasteiger partial charge on any atom is -0.505 e. The van der Waals surface area contributed by atoms with Gasteiger partial charge in [-0.3, -0.25) is 24.4 Å². The number of phenolic OH excluding ortho intramolecular Hbond substituents is 1. The number of hydrogen-bond donors (Lipinski definition) is 2. The van der Waals surface area contributed by atoms with E-state index in [1.807, 2.05) is 0 Å². The zero-order valence-corrected chi connectivity index (χ0v) is 20.7. The van der Waals surface area contributed by atoms with Crippen molar-refractivity contribution in [1.82, 2.24) is 5.06 Å². The average molecular weight is 543 g/mol.